The number of hydroxylamine groups is 1. The predicted molar refractivity (Wildman–Crippen MR) is 123 cm³/mol. The summed E-state index contributed by atoms with van der Waals surface area (Å²) in [6.45, 7) is 4.00. The van der Waals surface area contributed by atoms with Gasteiger partial charge in [-0.25, -0.2) is 5.48 Å². The lowest BCUT2D eigenvalue weighted by Crippen LogP contribution is -2.17. The fraction of sp³-hybridized carbons (Fsp3) is 0.375. The molecular weight excluding hydrogens is 394 g/mol. The van der Waals surface area contributed by atoms with E-state index in [4.69, 9.17) is 5.21 Å². The minimum absolute atomic E-state index is 0.0691. The number of rotatable bonds is 11. The number of carbonyl (C=O) groups excluding carboxylic acids is 3. The van der Waals surface area contributed by atoms with Gasteiger partial charge in [0.2, 0.25) is 11.8 Å². The van der Waals surface area contributed by atoms with Gasteiger partial charge in [-0.05, 0) is 61.4 Å². The molecule has 2 rings (SSSR count). The zero-order chi connectivity index (χ0) is 23.1. The summed E-state index contributed by atoms with van der Waals surface area (Å²) in [5, 5.41) is 14.2. The van der Waals surface area contributed by atoms with Crippen molar-refractivity contribution >= 4 is 29.0 Å². The van der Waals surface area contributed by atoms with Crippen LogP contribution in [0.5, 0.6) is 0 Å². The number of ketones is 1. The van der Waals surface area contributed by atoms with Crippen molar-refractivity contribution in [3.05, 3.63) is 59.7 Å². The molecule has 168 valence electrons. The van der Waals surface area contributed by atoms with Gasteiger partial charge >= 0.3 is 0 Å². The fourth-order valence-electron chi connectivity index (χ4n) is 2.86. The normalized spacial score (nSPS) is 9.81. The molecule has 31 heavy (non-hydrogen) atoms. The van der Waals surface area contributed by atoms with E-state index in [-0.39, 0.29) is 24.0 Å². The Bertz CT molecular complexity index is 818. The van der Waals surface area contributed by atoms with Gasteiger partial charge in [-0.2, -0.15) is 0 Å². The minimum Gasteiger partial charge on any atom is -0.388 e. The smallest absolute Gasteiger partial charge is 0.243 e. The molecule has 0 saturated carbocycles. The minimum atomic E-state index is -0.389. The molecule has 7 nitrogen and oxygen atoms in total. The summed E-state index contributed by atoms with van der Waals surface area (Å²) < 4.78 is 0. The molecule has 2 aromatic carbocycles. The Balaban J connectivity index is 0.00000233. The molecule has 7 heteroatoms. The SMILES string of the molecule is CC.CNc1ccc(C(=O)c2ccc(NC(=O)CCCCCCC(=O)NO)cc2)cc1. The highest BCUT2D eigenvalue weighted by molar-refractivity contribution is 6.09. The molecule has 0 saturated heterocycles. The summed E-state index contributed by atoms with van der Waals surface area (Å²) >= 11 is 0. The molecule has 2 aromatic rings. The van der Waals surface area contributed by atoms with Gasteiger partial charge in [0.1, 0.15) is 0 Å². The second-order valence-electron chi connectivity index (χ2n) is 6.73. The van der Waals surface area contributed by atoms with Crippen LogP contribution in [0, 0.1) is 0 Å². The van der Waals surface area contributed by atoms with Crippen molar-refractivity contribution in [1.82, 2.24) is 5.48 Å². The van der Waals surface area contributed by atoms with Crippen LogP contribution in [0.15, 0.2) is 48.5 Å². The molecule has 0 fully saturated rings. The first-order chi connectivity index (χ1) is 15.0. The summed E-state index contributed by atoms with van der Waals surface area (Å²) in [6, 6.07) is 14.1. The van der Waals surface area contributed by atoms with E-state index in [1.807, 2.05) is 33.0 Å². The largest absolute Gasteiger partial charge is 0.388 e. The quantitative estimate of drug-likeness (QED) is 0.179. The van der Waals surface area contributed by atoms with E-state index in [0.717, 1.165) is 24.9 Å². The highest BCUT2D eigenvalue weighted by Gasteiger charge is 2.09. The molecule has 0 unspecified atom stereocenters. The number of anilines is 2. The van der Waals surface area contributed by atoms with Crippen LogP contribution in [0.4, 0.5) is 11.4 Å². The maximum Gasteiger partial charge on any atom is 0.243 e. The van der Waals surface area contributed by atoms with Crippen molar-refractivity contribution < 1.29 is 19.6 Å². The monoisotopic (exact) mass is 427 g/mol. The van der Waals surface area contributed by atoms with E-state index < -0.39 is 0 Å². The van der Waals surface area contributed by atoms with Crippen LogP contribution in [0.3, 0.4) is 0 Å². The van der Waals surface area contributed by atoms with Gasteiger partial charge in [0.15, 0.2) is 5.78 Å². The summed E-state index contributed by atoms with van der Waals surface area (Å²) in [6.07, 6.45) is 3.75. The van der Waals surface area contributed by atoms with Crippen molar-refractivity contribution in [3.63, 3.8) is 0 Å². The Morgan fingerprint density at radius 2 is 1.16 bits per heavy atom. The van der Waals surface area contributed by atoms with Gasteiger partial charge in [-0.3, -0.25) is 19.6 Å². The number of hydrogen-bond acceptors (Lipinski definition) is 5. The highest BCUT2D eigenvalue weighted by Crippen LogP contribution is 2.16. The van der Waals surface area contributed by atoms with Gasteiger partial charge in [0, 0.05) is 42.4 Å². The Kier molecular flexibility index (Phi) is 12.3. The Morgan fingerprint density at radius 1 is 0.710 bits per heavy atom. The lowest BCUT2D eigenvalue weighted by molar-refractivity contribution is -0.129. The maximum atomic E-state index is 12.5. The molecular formula is C24H33N3O4. The predicted octanol–water partition coefficient (Wildman–Crippen LogP) is 4.77. The number of nitrogens with one attached hydrogen (secondary N) is 3. The zero-order valence-corrected chi connectivity index (χ0v) is 18.5. The van der Waals surface area contributed by atoms with Crippen LogP contribution < -0.4 is 16.1 Å². The first-order valence-electron chi connectivity index (χ1n) is 10.7. The highest BCUT2D eigenvalue weighted by atomic mass is 16.5. The van der Waals surface area contributed by atoms with Gasteiger partial charge in [0.05, 0.1) is 0 Å². The van der Waals surface area contributed by atoms with E-state index in [2.05, 4.69) is 10.6 Å². The molecule has 0 bridgehead atoms. The van der Waals surface area contributed by atoms with E-state index >= 15 is 0 Å². The molecule has 0 aromatic heterocycles. The van der Waals surface area contributed by atoms with Gasteiger partial charge in [0.25, 0.3) is 0 Å². The molecule has 0 heterocycles. The molecule has 0 spiro atoms. The van der Waals surface area contributed by atoms with Crippen LogP contribution in [0.25, 0.3) is 0 Å². The van der Waals surface area contributed by atoms with Crippen molar-refractivity contribution in [2.45, 2.75) is 52.4 Å². The lowest BCUT2D eigenvalue weighted by Gasteiger charge is -2.07. The number of benzene rings is 2. The van der Waals surface area contributed by atoms with Gasteiger partial charge in [-0.15, -0.1) is 0 Å². The number of carbonyl (C=O) groups is 3. The van der Waals surface area contributed by atoms with Crippen molar-refractivity contribution in [2.75, 3.05) is 17.7 Å². The molecule has 0 aliphatic heterocycles. The lowest BCUT2D eigenvalue weighted by atomic mass is 10.0. The van der Waals surface area contributed by atoms with Crippen LogP contribution in [-0.4, -0.2) is 29.9 Å². The van der Waals surface area contributed by atoms with E-state index in [1.54, 1.807) is 41.9 Å². The second kappa shape index (κ2) is 14.7. The topological polar surface area (TPSA) is 108 Å². The molecule has 0 radical (unpaired) electrons. The molecule has 2 amide bonds. The number of unbranched alkanes of at least 4 members (excludes halogenated alkanes) is 3. The summed E-state index contributed by atoms with van der Waals surface area (Å²) in [5.41, 5.74) is 4.36. The molecule has 4 N–H and O–H groups in total. The maximum absolute atomic E-state index is 12.5. The standard InChI is InChI=1S/C22H27N3O4.C2H6/c1-23-18-12-8-16(9-13-18)22(28)17-10-14-19(15-11-17)24-20(26)6-4-2-3-5-7-21(27)25-29;1-2/h8-15,23,29H,2-7H2,1H3,(H,24,26)(H,25,27);1-2H3. The Hall–Kier alpha value is -3.19. The Labute approximate surface area is 184 Å². The third-order valence-electron chi connectivity index (χ3n) is 4.55. The van der Waals surface area contributed by atoms with Crippen molar-refractivity contribution in [2.24, 2.45) is 0 Å². The zero-order valence-electron chi connectivity index (χ0n) is 18.5. The van der Waals surface area contributed by atoms with Gasteiger partial charge < -0.3 is 10.6 Å². The number of amides is 2. The van der Waals surface area contributed by atoms with E-state index in [9.17, 15) is 14.4 Å². The first kappa shape index (κ1) is 25.8. The first-order valence-corrected chi connectivity index (χ1v) is 10.7. The summed E-state index contributed by atoms with van der Waals surface area (Å²) in [7, 11) is 1.82. The summed E-state index contributed by atoms with van der Waals surface area (Å²) in [4.78, 5) is 35.4. The van der Waals surface area contributed by atoms with Crippen LogP contribution >= 0.6 is 0 Å². The second-order valence-corrected chi connectivity index (χ2v) is 6.73. The fourth-order valence-corrected chi connectivity index (χ4v) is 2.86. The third-order valence-corrected chi connectivity index (χ3v) is 4.55. The summed E-state index contributed by atoms with van der Waals surface area (Å²) in [5.74, 6) is -0.542. The molecule has 0 atom stereocenters. The molecule has 0 aliphatic carbocycles. The average molecular weight is 428 g/mol. The van der Waals surface area contributed by atoms with Crippen LogP contribution in [0.1, 0.15) is 68.3 Å². The van der Waals surface area contributed by atoms with Crippen LogP contribution in [0.2, 0.25) is 0 Å². The Morgan fingerprint density at radius 3 is 1.61 bits per heavy atom. The van der Waals surface area contributed by atoms with Crippen LogP contribution in [-0.2, 0) is 9.59 Å². The number of hydrogen-bond donors (Lipinski definition) is 4. The van der Waals surface area contributed by atoms with E-state index in [1.165, 1.54) is 0 Å². The average Bonchev–Trinajstić information content (AvgIpc) is 2.82. The molecule has 0 aliphatic rings. The van der Waals surface area contributed by atoms with Crippen molar-refractivity contribution in [3.8, 4) is 0 Å². The van der Waals surface area contributed by atoms with Crippen molar-refractivity contribution in [1.29, 1.82) is 0 Å². The van der Waals surface area contributed by atoms with Gasteiger partial charge in [-0.1, -0.05) is 26.7 Å². The third kappa shape index (κ3) is 9.44. The van der Waals surface area contributed by atoms with E-state index in [0.29, 0.717) is 29.7 Å².